The highest BCUT2D eigenvalue weighted by Crippen LogP contribution is 2.10. The lowest BCUT2D eigenvalue weighted by Crippen LogP contribution is -2.12. The SMILES string of the molecule is Cc1cccc(NC(=O)CCc2ccncc2)c1. The van der Waals surface area contributed by atoms with Gasteiger partial charge < -0.3 is 5.32 Å². The zero-order chi connectivity index (χ0) is 12.8. The fraction of sp³-hybridized carbons (Fsp3) is 0.200. The Kier molecular flexibility index (Phi) is 4.07. The first kappa shape index (κ1) is 12.3. The summed E-state index contributed by atoms with van der Waals surface area (Å²) in [6, 6.07) is 11.7. The van der Waals surface area contributed by atoms with Crippen molar-refractivity contribution in [1.29, 1.82) is 0 Å². The summed E-state index contributed by atoms with van der Waals surface area (Å²) in [7, 11) is 0. The van der Waals surface area contributed by atoms with Crippen molar-refractivity contribution in [2.45, 2.75) is 19.8 Å². The van der Waals surface area contributed by atoms with Crippen molar-refractivity contribution in [2.24, 2.45) is 0 Å². The van der Waals surface area contributed by atoms with Crippen molar-refractivity contribution in [3.05, 3.63) is 59.9 Å². The molecular formula is C15H16N2O. The van der Waals surface area contributed by atoms with E-state index in [0.29, 0.717) is 6.42 Å². The molecule has 1 aromatic heterocycles. The standard InChI is InChI=1S/C15H16N2O/c1-12-3-2-4-14(11-12)17-15(18)6-5-13-7-9-16-10-8-13/h2-4,7-11H,5-6H2,1H3,(H,17,18). The number of aryl methyl sites for hydroxylation is 2. The molecule has 0 unspecified atom stereocenters. The Hall–Kier alpha value is -2.16. The molecule has 92 valence electrons. The molecule has 1 aromatic carbocycles. The van der Waals surface area contributed by atoms with Gasteiger partial charge in [0.25, 0.3) is 0 Å². The van der Waals surface area contributed by atoms with Gasteiger partial charge in [-0.2, -0.15) is 0 Å². The first-order valence-corrected chi connectivity index (χ1v) is 5.99. The number of benzene rings is 1. The molecule has 3 heteroatoms. The average Bonchev–Trinajstić information content (AvgIpc) is 2.38. The molecule has 2 rings (SSSR count). The van der Waals surface area contributed by atoms with Crippen LogP contribution in [0.15, 0.2) is 48.8 Å². The molecule has 2 aromatic rings. The second-order valence-corrected chi connectivity index (χ2v) is 4.27. The van der Waals surface area contributed by atoms with Crippen LogP contribution in [0.4, 0.5) is 5.69 Å². The van der Waals surface area contributed by atoms with Crippen molar-refractivity contribution in [3.8, 4) is 0 Å². The molecule has 0 fully saturated rings. The van der Waals surface area contributed by atoms with Crippen molar-refractivity contribution in [1.82, 2.24) is 4.98 Å². The molecule has 18 heavy (non-hydrogen) atoms. The lowest BCUT2D eigenvalue weighted by molar-refractivity contribution is -0.116. The molecular weight excluding hydrogens is 224 g/mol. The highest BCUT2D eigenvalue weighted by Gasteiger charge is 2.03. The monoisotopic (exact) mass is 240 g/mol. The van der Waals surface area contributed by atoms with Gasteiger partial charge in [0.15, 0.2) is 0 Å². The Morgan fingerprint density at radius 2 is 2.00 bits per heavy atom. The number of nitrogens with zero attached hydrogens (tertiary/aromatic N) is 1. The van der Waals surface area contributed by atoms with E-state index in [4.69, 9.17) is 0 Å². The Labute approximate surface area is 107 Å². The van der Waals surface area contributed by atoms with Crippen LogP contribution in [-0.4, -0.2) is 10.9 Å². The maximum Gasteiger partial charge on any atom is 0.224 e. The number of rotatable bonds is 4. The lowest BCUT2D eigenvalue weighted by atomic mass is 10.1. The molecule has 3 nitrogen and oxygen atoms in total. The van der Waals surface area contributed by atoms with Crippen LogP contribution >= 0.6 is 0 Å². The van der Waals surface area contributed by atoms with Crippen LogP contribution in [0.1, 0.15) is 17.5 Å². The van der Waals surface area contributed by atoms with E-state index in [-0.39, 0.29) is 5.91 Å². The zero-order valence-electron chi connectivity index (χ0n) is 10.4. The van der Waals surface area contributed by atoms with Gasteiger partial charge in [0, 0.05) is 24.5 Å². The van der Waals surface area contributed by atoms with E-state index in [0.717, 1.165) is 23.2 Å². The van der Waals surface area contributed by atoms with Gasteiger partial charge in [0.05, 0.1) is 0 Å². The maximum atomic E-state index is 11.8. The number of carbonyl (C=O) groups excluding carboxylic acids is 1. The highest BCUT2D eigenvalue weighted by molar-refractivity contribution is 5.90. The molecule has 0 saturated heterocycles. The number of hydrogen-bond acceptors (Lipinski definition) is 2. The van der Waals surface area contributed by atoms with Crippen molar-refractivity contribution < 1.29 is 4.79 Å². The smallest absolute Gasteiger partial charge is 0.224 e. The van der Waals surface area contributed by atoms with Crippen LogP contribution in [-0.2, 0) is 11.2 Å². The molecule has 0 spiro atoms. The Balaban J connectivity index is 1.86. The van der Waals surface area contributed by atoms with Crippen LogP contribution < -0.4 is 5.32 Å². The van der Waals surface area contributed by atoms with Crippen LogP contribution in [0.2, 0.25) is 0 Å². The number of carbonyl (C=O) groups is 1. The predicted octanol–water partition coefficient (Wildman–Crippen LogP) is 2.96. The van der Waals surface area contributed by atoms with E-state index in [9.17, 15) is 4.79 Å². The topological polar surface area (TPSA) is 42.0 Å². The van der Waals surface area contributed by atoms with Gasteiger partial charge in [-0.3, -0.25) is 9.78 Å². The molecule has 0 bridgehead atoms. The van der Waals surface area contributed by atoms with Gasteiger partial charge in [-0.05, 0) is 48.7 Å². The summed E-state index contributed by atoms with van der Waals surface area (Å²) >= 11 is 0. The van der Waals surface area contributed by atoms with Crippen molar-refractivity contribution >= 4 is 11.6 Å². The number of anilines is 1. The van der Waals surface area contributed by atoms with Crippen molar-refractivity contribution in [3.63, 3.8) is 0 Å². The summed E-state index contributed by atoms with van der Waals surface area (Å²) in [5.74, 6) is 0.0393. The van der Waals surface area contributed by atoms with E-state index in [1.165, 1.54) is 0 Å². The molecule has 1 heterocycles. The van der Waals surface area contributed by atoms with Crippen LogP contribution in [0.3, 0.4) is 0 Å². The van der Waals surface area contributed by atoms with E-state index in [1.807, 2.05) is 43.3 Å². The van der Waals surface area contributed by atoms with Gasteiger partial charge in [0.2, 0.25) is 5.91 Å². The molecule has 0 aliphatic heterocycles. The Morgan fingerprint density at radius 3 is 2.72 bits per heavy atom. The molecule has 1 N–H and O–H groups in total. The summed E-state index contributed by atoms with van der Waals surface area (Å²) in [6.45, 7) is 2.01. The fourth-order valence-electron chi connectivity index (χ4n) is 1.75. The van der Waals surface area contributed by atoms with Gasteiger partial charge in [-0.25, -0.2) is 0 Å². The number of hydrogen-bond donors (Lipinski definition) is 1. The third-order valence-electron chi connectivity index (χ3n) is 2.69. The summed E-state index contributed by atoms with van der Waals surface area (Å²) < 4.78 is 0. The summed E-state index contributed by atoms with van der Waals surface area (Å²) in [5, 5.41) is 2.90. The molecule has 0 atom stereocenters. The van der Waals surface area contributed by atoms with Crippen LogP contribution in [0.25, 0.3) is 0 Å². The van der Waals surface area contributed by atoms with Gasteiger partial charge in [0.1, 0.15) is 0 Å². The molecule has 0 saturated carbocycles. The summed E-state index contributed by atoms with van der Waals surface area (Å²) in [4.78, 5) is 15.7. The number of pyridine rings is 1. The Bertz CT molecular complexity index is 523. The molecule has 0 aliphatic rings. The van der Waals surface area contributed by atoms with Crippen LogP contribution in [0.5, 0.6) is 0 Å². The summed E-state index contributed by atoms with van der Waals surface area (Å²) in [5.41, 5.74) is 3.13. The molecule has 1 amide bonds. The second-order valence-electron chi connectivity index (χ2n) is 4.27. The second kappa shape index (κ2) is 5.96. The average molecular weight is 240 g/mol. The van der Waals surface area contributed by atoms with Gasteiger partial charge in [-0.15, -0.1) is 0 Å². The van der Waals surface area contributed by atoms with E-state index in [2.05, 4.69) is 10.3 Å². The van der Waals surface area contributed by atoms with E-state index in [1.54, 1.807) is 12.4 Å². The highest BCUT2D eigenvalue weighted by atomic mass is 16.1. The minimum atomic E-state index is 0.0393. The third-order valence-corrected chi connectivity index (χ3v) is 2.69. The van der Waals surface area contributed by atoms with Gasteiger partial charge >= 0.3 is 0 Å². The van der Waals surface area contributed by atoms with Crippen molar-refractivity contribution in [2.75, 3.05) is 5.32 Å². The predicted molar refractivity (Wildman–Crippen MR) is 72.4 cm³/mol. The molecule has 0 radical (unpaired) electrons. The Morgan fingerprint density at radius 1 is 1.22 bits per heavy atom. The lowest BCUT2D eigenvalue weighted by Gasteiger charge is -2.05. The summed E-state index contributed by atoms with van der Waals surface area (Å²) in [6.07, 6.45) is 4.71. The number of nitrogens with one attached hydrogen (secondary N) is 1. The number of aromatic nitrogens is 1. The first-order chi connectivity index (χ1) is 8.74. The fourth-order valence-corrected chi connectivity index (χ4v) is 1.75. The van der Waals surface area contributed by atoms with Crippen LogP contribution in [0, 0.1) is 6.92 Å². The quantitative estimate of drug-likeness (QED) is 0.892. The van der Waals surface area contributed by atoms with Gasteiger partial charge in [-0.1, -0.05) is 12.1 Å². The largest absolute Gasteiger partial charge is 0.326 e. The first-order valence-electron chi connectivity index (χ1n) is 5.99. The van der Waals surface area contributed by atoms with E-state index >= 15 is 0 Å². The van der Waals surface area contributed by atoms with E-state index < -0.39 is 0 Å². The number of amides is 1. The third kappa shape index (κ3) is 3.70. The zero-order valence-corrected chi connectivity index (χ0v) is 10.4. The normalized spacial score (nSPS) is 10.1. The maximum absolute atomic E-state index is 11.8. The minimum Gasteiger partial charge on any atom is -0.326 e. The molecule has 0 aliphatic carbocycles. The minimum absolute atomic E-state index is 0.0393.